The molecule has 0 unspecified atom stereocenters. The second-order valence-electron chi connectivity index (χ2n) is 3.13. The van der Waals surface area contributed by atoms with Gasteiger partial charge in [-0.3, -0.25) is 0 Å². The standard InChI is InChI=1S/C12H10O2Se/c13-15(14,11-7-3-1-4-8-11)12-9-5-2-6-10-12/h1-10H. The van der Waals surface area contributed by atoms with E-state index in [1.165, 1.54) is 0 Å². The topological polar surface area (TPSA) is 34.1 Å². The van der Waals surface area contributed by atoms with Crippen molar-refractivity contribution in [3.63, 3.8) is 0 Å². The van der Waals surface area contributed by atoms with Gasteiger partial charge in [0.15, 0.2) is 0 Å². The second kappa shape index (κ2) is 3.97. The van der Waals surface area contributed by atoms with Crippen LogP contribution in [0.25, 0.3) is 0 Å². The van der Waals surface area contributed by atoms with Gasteiger partial charge < -0.3 is 0 Å². The summed E-state index contributed by atoms with van der Waals surface area (Å²) in [7, 11) is 0. The first kappa shape index (κ1) is 10.1. The van der Waals surface area contributed by atoms with Gasteiger partial charge in [0.05, 0.1) is 0 Å². The molecule has 0 fully saturated rings. The molecule has 0 amide bonds. The van der Waals surface area contributed by atoms with Crippen molar-refractivity contribution in [3.05, 3.63) is 60.7 Å². The Balaban J connectivity index is 2.55. The molecule has 2 rings (SSSR count). The zero-order chi connectivity index (χ0) is 10.7. The van der Waals surface area contributed by atoms with Gasteiger partial charge in [-0.2, -0.15) is 0 Å². The molecule has 2 aromatic carbocycles. The van der Waals surface area contributed by atoms with Crippen LogP contribution in [-0.4, -0.2) is 12.7 Å². The van der Waals surface area contributed by atoms with Gasteiger partial charge in [0, 0.05) is 0 Å². The van der Waals surface area contributed by atoms with Gasteiger partial charge in [-0.25, -0.2) is 0 Å². The minimum absolute atomic E-state index is 0.403. The molecule has 0 aliphatic carbocycles. The van der Waals surface area contributed by atoms with E-state index in [4.69, 9.17) is 0 Å². The van der Waals surface area contributed by atoms with Crippen LogP contribution in [0.15, 0.2) is 60.7 Å². The van der Waals surface area contributed by atoms with E-state index < -0.39 is 12.7 Å². The molecule has 0 aliphatic heterocycles. The second-order valence-corrected chi connectivity index (χ2v) is 7.22. The molecule has 0 bridgehead atoms. The normalized spacial score (nSPS) is 11.2. The average molecular weight is 265 g/mol. The minimum atomic E-state index is -4.15. The Morgan fingerprint density at radius 1 is 0.600 bits per heavy atom. The van der Waals surface area contributed by atoms with Crippen molar-refractivity contribution in [2.75, 3.05) is 0 Å². The maximum absolute atomic E-state index is 12.1. The maximum atomic E-state index is 12.1. The fourth-order valence-electron chi connectivity index (χ4n) is 1.34. The first-order valence-corrected chi connectivity index (χ1v) is 7.67. The summed E-state index contributed by atoms with van der Waals surface area (Å²) in [5.74, 6) is 0. The van der Waals surface area contributed by atoms with E-state index >= 15 is 0 Å². The molecule has 2 nitrogen and oxygen atoms in total. The fraction of sp³-hybridized carbons (Fsp3) is 0. The van der Waals surface area contributed by atoms with Crippen LogP contribution in [-0.2, 0) is 7.67 Å². The van der Waals surface area contributed by atoms with Crippen molar-refractivity contribution in [1.82, 2.24) is 0 Å². The Morgan fingerprint density at radius 2 is 0.933 bits per heavy atom. The van der Waals surface area contributed by atoms with Gasteiger partial charge in [0.1, 0.15) is 0 Å². The first-order chi connectivity index (χ1) is 7.21. The van der Waals surface area contributed by atoms with Gasteiger partial charge in [0.2, 0.25) is 0 Å². The predicted molar refractivity (Wildman–Crippen MR) is 59.3 cm³/mol. The van der Waals surface area contributed by atoms with Crippen molar-refractivity contribution in [2.24, 2.45) is 0 Å². The fourth-order valence-corrected chi connectivity index (χ4v) is 4.07. The molecular formula is C12H10O2Se. The van der Waals surface area contributed by atoms with Crippen LogP contribution in [0.4, 0.5) is 0 Å². The van der Waals surface area contributed by atoms with Crippen LogP contribution in [0.5, 0.6) is 0 Å². The van der Waals surface area contributed by atoms with Crippen LogP contribution in [0.1, 0.15) is 0 Å². The summed E-state index contributed by atoms with van der Waals surface area (Å²) >= 11 is -4.15. The molecule has 0 saturated carbocycles. The van der Waals surface area contributed by atoms with Crippen LogP contribution in [0.2, 0.25) is 0 Å². The predicted octanol–water partition coefficient (Wildman–Crippen LogP) is 1.10. The first-order valence-electron chi connectivity index (χ1n) is 4.56. The van der Waals surface area contributed by atoms with E-state index in [0.29, 0.717) is 8.92 Å². The van der Waals surface area contributed by atoms with Crippen molar-refractivity contribution in [3.8, 4) is 0 Å². The third-order valence-corrected chi connectivity index (χ3v) is 5.85. The zero-order valence-corrected chi connectivity index (χ0v) is 9.71. The molecule has 0 aliphatic rings. The van der Waals surface area contributed by atoms with Crippen LogP contribution in [0.3, 0.4) is 0 Å². The number of hydrogen-bond donors (Lipinski definition) is 0. The van der Waals surface area contributed by atoms with E-state index in [1.54, 1.807) is 48.5 Å². The summed E-state index contributed by atoms with van der Waals surface area (Å²) in [5.41, 5.74) is 0. The molecule has 0 saturated heterocycles. The van der Waals surface area contributed by atoms with E-state index in [1.807, 2.05) is 12.1 Å². The Morgan fingerprint density at radius 3 is 1.27 bits per heavy atom. The quantitative estimate of drug-likeness (QED) is 0.762. The number of hydrogen-bond acceptors (Lipinski definition) is 2. The summed E-state index contributed by atoms with van der Waals surface area (Å²) in [5, 5.41) is 0. The van der Waals surface area contributed by atoms with Crippen molar-refractivity contribution in [1.29, 1.82) is 0 Å². The van der Waals surface area contributed by atoms with Crippen LogP contribution < -0.4 is 8.92 Å². The molecule has 0 heterocycles. The third kappa shape index (κ3) is 1.99. The molecule has 0 radical (unpaired) electrons. The van der Waals surface area contributed by atoms with E-state index in [0.717, 1.165) is 0 Å². The van der Waals surface area contributed by atoms with E-state index in [2.05, 4.69) is 0 Å². The summed E-state index contributed by atoms with van der Waals surface area (Å²) < 4.78 is 25.0. The van der Waals surface area contributed by atoms with Gasteiger partial charge in [-0.1, -0.05) is 0 Å². The molecule has 0 aromatic heterocycles. The van der Waals surface area contributed by atoms with Crippen molar-refractivity contribution in [2.45, 2.75) is 0 Å². The monoisotopic (exact) mass is 266 g/mol. The SMILES string of the molecule is O=[Se](=O)(c1ccccc1)c1ccccc1. The molecule has 15 heavy (non-hydrogen) atoms. The summed E-state index contributed by atoms with van der Waals surface area (Å²) in [6.45, 7) is 0. The van der Waals surface area contributed by atoms with Gasteiger partial charge in [-0.05, 0) is 0 Å². The number of benzene rings is 2. The third-order valence-electron chi connectivity index (χ3n) is 2.11. The van der Waals surface area contributed by atoms with Gasteiger partial charge in [-0.15, -0.1) is 0 Å². The molecule has 0 spiro atoms. The molecule has 0 N–H and O–H groups in total. The van der Waals surface area contributed by atoms with Gasteiger partial charge >= 0.3 is 90.0 Å². The van der Waals surface area contributed by atoms with Crippen molar-refractivity contribution >= 4 is 21.6 Å². The Kier molecular flexibility index (Phi) is 2.67. The molecular weight excluding hydrogens is 255 g/mol. The average Bonchev–Trinajstić information content (AvgIpc) is 2.31. The Hall–Kier alpha value is -1.44. The molecule has 2 aromatic rings. The summed E-state index contributed by atoms with van der Waals surface area (Å²) in [6, 6.07) is 17.1. The van der Waals surface area contributed by atoms with Crippen LogP contribution >= 0.6 is 0 Å². The van der Waals surface area contributed by atoms with Crippen molar-refractivity contribution < 1.29 is 7.67 Å². The summed E-state index contributed by atoms with van der Waals surface area (Å²) in [6.07, 6.45) is 0. The van der Waals surface area contributed by atoms with Crippen LogP contribution in [0, 0.1) is 0 Å². The summed E-state index contributed by atoms with van der Waals surface area (Å²) in [4.78, 5) is 0. The number of rotatable bonds is 2. The van der Waals surface area contributed by atoms with Gasteiger partial charge in [0.25, 0.3) is 0 Å². The Bertz CT molecular complexity index is 485. The molecule has 76 valence electrons. The Labute approximate surface area is 90.2 Å². The zero-order valence-electron chi connectivity index (χ0n) is 8.00. The molecule has 0 atom stereocenters. The van der Waals surface area contributed by atoms with E-state index in [9.17, 15) is 7.67 Å². The van der Waals surface area contributed by atoms with E-state index in [-0.39, 0.29) is 0 Å². The molecule has 3 heteroatoms.